The van der Waals surface area contributed by atoms with Crippen LogP contribution in [0, 0.1) is 3.57 Å². The lowest BCUT2D eigenvalue weighted by Crippen LogP contribution is -1.99. The smallest absolute Gasteiger partial charge is 0.112 e. The standard InChI is InChI=1S/C10H8ClIN2S/c11-8-5-7(12)1-2-9(8)14-6-10-13-3-4-15-10/h1-5,14H,6H2. The molecular weight excluding hydrogens is 343 g/mol. The predicted octanol–water partition coefficient (Wildman–Crippen LogP) is 4.01. The Labute approximate surface area is 111 Å². The minimum atomic E-state index is 0.720. The van der Waals surface area contributed by atoms with Gasteiger partial charge in [0.25, 0.3) is 0 Å². The largest absolute Gasteiger partial charge is 0.377 e. The highest BCUT2D eigenvalue weighted by Gasteiger charge is 2.01. The first-order chi connectivity index (χ1) is 7.25. The molecule has 1 aromatic carbocycles. The number of aromatic nitrogens is 1. The molecule has 1 aromatic heterocycles. The Bertz CT molecular complexity index is 445. The molecule has 15 heavy (non-hydrogen) atoms. The van der Waals surface area contributed by atoms with E-state index in [1.807, 2.05) is 23.6 Å². The van der Waals surface area contributed by atoms with Gasteiger partial charge in [-0.25, -0.2) is 4.98 Å². The summed E-state index contributed by atoms with van der Waals surface area (Å²) in [5.74, 6) is 0. The Morgan fingerprint density at radius 1 is 1.47 bits per heavy atom. The molecule has 2 nitrogen and oxygen atoms in total. The highest BCUT2D eigenvalue weighted by molar-refractivity contribution is 14.1. The molecule has 0 bridgehead atoms. The van der Waals surface area contributed by atoms with Gasteiger partial charge >= 0.3 is 0 Å². The van der Waals surface area contributed by atoms with Crippen LogP contribution in [0.4, 0.5) is 5.69 Å². The molecule has 0 unspecified atom stereocenters. The first kappa shape index (κ1) is 11.2. The Hall–Kier alpha value is -0.330. The number of thiazole rings is 1. The maximum absolute atomic E-state index is 6.09. The maximum atomic E-state index is 6.09. The summed E-state index contributed by atoms with van der Waals surface area (Å²) < 4.78 is 1.14. The summed E-state index contributed by atoms with van der Waals surface area (Å²) in [6.45, 7) is 0.720. The molecule has 0 saturated carbocycles. The lowest BCUT2D eigenvalue weighted by molar-refractivity contribution is 1.10. The van der Waals surface area contributed by atoms with Crippen molar-refractivity contribution in [1.29, 1.82) is 0 Å². The summed E-state index contributed by atoms with van der Waals surface area (Å²) in [6, 6.07) is 5.95. The lowest BCUT2D eigenvalue weighted by Gasteiger charge is -2.06. The van der Waals surface area contributed by atoms with Crippen LogP contribution in [0.5, 0.6) is 0 Å². The molecule has 0 radical (unpaired) electrons. The minimum absolute atomic E-state index is 0.720. The average Bonchev–Trinajstić information content (AvgIpc) is 2.69. The molecule has 1 N–H and O–H groups in total. The number of halogens is 2. The van der Waals surface area contributed by atoms with E-state index in [1.165, 1.54) is 0 Å². The van der Waals surface area contributed by atoms with Gasteiger partial charge in [0, 0.05) is 15.1 Å². The number of anilines is 1. The second-order valence-electron chi connectivity index (χ2n) is 2.90. The van der Waals surface area contributed by atoms with Crippen LogP contribution in [-0.4, -0.2) is 4.98 Å². The van der Waals surface area contributed by atoms with Crippen LogP contribution in [0.25, 0.3) is 0 Å². The van der Waals surface area contributed by atoms with Crippen LogP contribution in [0.1, 0.15) is 5.01 Å². The lowest BCUT2D eigenvalue weighted by atomic mass is 10.3. The van der Waals surface area contributed by atoms with Gasteiger partial charge in [0.1, 0.15) is 5.01 Å². The predicted molar refractivity (Wildman–Crippen MR) is 73.6 cm³/mol. The molecule has 0 aliphatic carbocycles. The third kappa shape index (κ3) is 3.06. The molecule has 0 atom stereocenters. The van der Waals surface area contributed by atoms with Gasteiger partial charge in [0.05, 0.1) is 17.3 Å². The third-order valence-electron chi connectivity index (χ3n) is 1.84. The fraction of sp³-hybridized carbons (Fsp3) is 0.100. The summed E-state index contributed by atoms with van der Waals surface area (Å²) >= 11 is 9.96. The SMILES string of the molecule is Clc1cc(I)ccc1NCc1nccs1. The van der Waals surface area contributed by atoms with Gasteiger partial charge in [-0.15, -0.1) is 11.3 Å². The Morgan fingerprint density at radius 2 is 2.33 bits per heavy atom. The molecule has 2 rings (SSSR count). The molecule has 0 aliphatic heterocycles. The van der Waals surface area contributed by atoms with E-state index in [4.69, 9.17) is 11.6 Å². The molecule has 0 aliphatic rings. The number of rotatable bonds is 3. The highest BCUT2D eigenvalue weighted by atomic mass is 127. The summed E-state index contributed by atoms with van der Waals surface area (Å²) in [6.07, 6.45) is 1.80. The van der Waals surface area contributed by atoms with E-state index >= 15 is 0 Å². The highest BCUT2D eigenvalue weighted by Crippen LogP contribution is 2.24. The summed E-state index contributed by atoms with van der Waals surface area (Å²) in [4.78, 5) is 4.19. The normalized spacial score (nSPS) is 10.3. The Morgan fingerprint density at radius 3 is 3.00 bits per heavy atom. The summed E-state index contributed by atoms with van der Waals surface area (Å²) in [5.41, 5.74) is 0.951. The van der Waals surface area contributed by atoms with Crippen molar-refractivity contribution in [1.82, 2.24) is 4.98 Å². The van der Waals surface area contributed by atoms with E-state index in [0.29, 0.717) is 0 Å². The van der Waals surface area contributed by atoms with E-state index in [0.717, 1.165) is 25.8 Å². The zero-order valence-corrected chi connectivity index (χ0v) is 11.4. The number of hydrogen-bond donors (Lipinski definition) is 1. The topological polar surface area (TPSA) is 24.9 Å². The van der Waals surface area contributed by atoms with Crippen LogP contribution >= 0.6 is 45.5 Å². The van der Waals surface area contributed by atoms with Gasteiger partial charge in [-0.1, -0.05) is 11.6 Å². The molecular formula is C10H8ClIN2S. The van der Waals surface area contributed by atoms with Crippen LogP contribution in [0.3, 0.4) is 0 Å². The molecule has 2 aromatic rings. The average molecular weight is 351 g/mol. The third-order valence-corrected chi connectivity index (χ3v) is 3.61. The fourth-order valence-electron chi connectivity index (χ4n) is 1.14. The molecule has 0 saturated heterocycles. The summed E-state index contributed by atoms with van der Waals surface area (Å²) in [5, 5.41) is 7.03. The molecule has 0 amide bonds. The van der Waals surface area contributed by atoms with E-state index in [-0.39, 0.29) is 0 Å². The van der Waals surface area contributed by atoms with Crippen molar-refractivity contribution in [2.45, 2.75) is 6.54 Å². The maximum Gasteiger partial charge on any atom is 0.112 e. The van der Waals surface area contributed by atoms with Crippen LogP contribution in [0.2, 0.25) is 5.02 Å². The Kier molecular flexibility index (Phi) is 3.82. The van der Waals surface area contributed by atoms with Gasteiger partial charge in [0.2, 0.25) is 0 Å². The van der Waals surface area contributed by atoms with Gasteiger partial charge in [-0.2, -0.15) is 0 Å². The van der Waals surface area contributed by atoms with Crippen LogP contribution < -0.4 is 5.32 Å². The van der Waals surface area contributed by atoms with E-state index < -0.39 is 0 Å². The zero-order chi connectivity index (χ0) is 10.7. The molecule has 0 fully saturated rings. The molecule has 0 spiro atoms. The number of benzene rings is 1. The molecule has 5 heteroatoms. The number of nitrogens with one attached hydrogen (secondary N) is 1. The van der Waals surface area contributed by atoms with Gasteiger partial charge in [-0.3, -0.25) is 0 Å². The van der Waals surface area contributed by atoms with Crippen molar-refractivity contribution in [3.8, 4) is 0 Å². The molecule has 78 valence electrons. The second kappa shape index (κ2) is 5.14. The van der Waals surface area contributed by atoms with Gasteiger partial charge in [0.15, 0.2) is 0 Å². The quantitative estimate of drug-likeness (QED) is 0.846. The Balaban J connectivity index is 2.05. The van der Waals surface area contributed by atoms with Crippen LogP contribution in [-0.2, 0) is 6.54 Å². The van der Waals surface area contributed by atoms with Crippen molar-refractivity contribution in [3.63, 3.8) is 0 Å². The minimum Gasteiger partial charge on any atom is -0.377 e. The molecule has 1 heterocycles. The second-order valence-corrected chi connectivity index (χ2v) is 5.54. The van der Waals surface area contributed by atoms with Crippen molar-refractivity contribution >= 4 is 51.2 Å². The fourth-order valence-corrected chi connectivity index (χ4v) is 2.62. The first-order valence-electron chi connectivity index (χ1n) is 4.33. The van der Waals surface area contributed by atoms with E-state index in [9.17, 15) is 0 Å². The van der Waals surface area contributed by atoms with Crippen molar-refractivity contribution in [3.05, 3.63) is 43.4 Å². The monoisotopic (exact) mass is 350 g/mol. The first-order valence-corrected chi connectivity index (χ1v) is 6.66. The van der Waals surface area contributed by atoms with Gasteiger partial charge < -0.3 is 5.32 Å². The van der Waals surface area contributed by atoms with Crippen molar-refractivity contribution in [2.75, 3.05) is 5.32 Å². The number of nitrogens with zero attached hydrogens (tertiary/aromatic N) is 1. The zero-order valence-electron chi connectivity index (χ0n) is 7.71. The van der Waals surface area contributed by atoms with Gasteiger partial charge in [-0.05, 0) is 40.8 Å². The van der Waals surface area contributed by atoms with E-state index in [1.54, 1.807) is 17.5 Å². The van der Waals surface area contributed by atoms with Crippen LogP contribution in [0.15, 0.2) is 29.8 Å². The van der Waals surface area contributed by atoms with Crippen molar-refractivity contribution < 1.29 is 0 Å². The number of hydrogen-bond acceptors (Lipinski definition) is 3. The summed E-state index contributed by atoms with van der Waals surface area (Å²) in [7, 11) is 0. The van der Waals surface area contributed by atoms with Crippen molar-refractivity contribution in [2.24, 2.45) is 0 Å². The van der Waals surface area contributed by atoms with E-state index in [2.05, 4.69) is 32.9 Å².